The van der Waals surface area contributed by atoms with Crippen molar-refractivity contribution in [2.45, 2.75) is 33.3 Å². The number of anilines is 1. The van der Waals surface area contributed by atoms with Crippen molar-refractivity contribution < 1.29 is 28.5 Å². The number of imide groups is 1. The van der Waals surface area contributed by atoms with Gasteiger partial charge in [0.1, 0.15) is 11.4 Å². The van der Waals surface area contributed by atoms with E-state index in [1.807, 2.05) is 39.0 Å². The zero-order chi connectivity index (χ0) is 24.8. The second-order valence-corrected chi connectivity index (χ2v) is 8.18. The number of amides is 2. The molecule has 0 unspecified atom stereocenters. The summed E-state index contributed by atoms with van der Waals surface area (Å²) in [6, 6.07) is 10.7. The van der Waals surface area contributed by atoms with Crippen LogP contribution in [0.3, 0.4) is 0 Å². The monoisotopic (exact) mass is 468 g/mol. The van der Waals surface area contributed by atoms with Gasteiger partial charge in [-0.2, -0.15) is 0 Å². The van der Waals surface area contributed by atoms with Gasteiger partial charge in [0.05, 0.1) is 38.7 Å². The van der Waals surface area contributed by atoms with Crippen LogP contribution in [0.1, 0.15) is 31.4 Å². The smallest absolute Gasteiger partial charge is 0.278 e. The average Bonchev–Trinajstić information content (AvgIpc) is 3.05. The maximum atomic E-state index is 13.5. The summed E-state index contributed by atoms with van der Waals surface area (Å²) in [4.78, 5) is 28.2. The molecule has 1 heterocycles. The molecule has 0 spiro atoms. The molecule has 1 aliphatic rings. The largest absolute Gasteiger partial charge is 0.495 e. The Hall–Kier alpha value is -3.52. The molecule has 182 valence electrons. The Balaban J connectivity index is 2.03. The fourth-order valence-corrected chi connectivity index (χ4v) is 3.75. The third-order valence-corrected chi connectivity index (χ3v) is 5.43. The molecule has 1 N–H and O–H groups in total. The highest BCUT2D eigenvalue weighted by molar-refractivity contribution is 6.36. The summed E-state index contributed by atoms with van der Waals surface area (Å²) in [6.45, 7) is 6.53. The molecule has 8 nitrogen and oxygen atoms in total. The Morgan fingerprint density at radius 2 is 1.56 bits per heavy atom. The van der Waals surface area contributed by atoms with E-state index in [2.05, 4.69) is 5.32 Å². The molecule has 0 fully saturated rings. The Kier molecular flexibility index (Phi) is 8.17. The minimum atomic E-state index is -0.400. The van der Waals surface area contributed by atoms with Crippen LogP contribution in [0.25, 0.3) is 5.57 Å². The van der Waals surface area contributed by atoms with Crippen molar-refractivity contribution in [3.63, 3.8) is 0 Å². The first-order valence-electron chi connectivity index (χ1n) is 11.2. The van der Waals surface area contributed by atoms with Crippen LogP contribution in [-0.4, -0.2) is 57.3 Å². The van der Waals surface area contributed by atoms with Gasteiger partial charge in [0.2, 0.25) is 0 Å². The molecule has 0 saturated carbocycles. The number of aryl methyl sites for hydroxylation is 1. The van der Waals surface area contributed by atoms with Crippen LogP contribution in [-0.2, 0) is 14.3 Å². The van der Waals surface area contributed by atoms with E-state index in [9.17, 15) is 9.59 Å². The Bertz CT molecular complexity index is 1090. The van der Waals surface area contributed by atoms with Gasteiger partial charge in [-0.05, 0) is 62.6 Å². The molecule has 34 heavy (non-hydrogen) atoms. The number of carbonyl (C=O) groups excluding carboxylic acids is 2. The fourth-order valence-electron chi connectivity index (χ4n) is 3.75. The van der Waals surface area contributed by atoms with Crippen LogP contribution in [0.2, 0.25) is 0 Å². The van der Waals surface area contributed by atoms with Gasteiger partial charge in [0.15, 0.2) is 11.5 Å². The quantitative estimate of drug-likeness (QED) is 0.394. The molecule has 0 saturated heterocycles. The SMILES string of the molecule is COc1ccc(C)cc1NC1=C(c2ccc(OC)c(OC)c2)C(=O)N(CCCOC(C)C)C1=O. The number of ether oxygens (including phenoxy) is 4. The maximum absolute atomic E-state index is 13.5. The molecular formula is C26H32N2O6. The summed E-state index contributed by atoms with van der Waals surface area (Å²) in [5, 5.41) is 3.17. The lowest BCUT2D eigenvalue weighted by molar-refractivity contribution is -0.137. The van der Waals surface area contributed by atoms with Crippen molar-refractivity contribution in [1.82, 2.24) is 4.90 Å². The number of carbonyl (C=O) groups is 2. The van der Waals surface area contributed by atoms with Crippen molar-refractivity contribution in [3.8, 4) is 17.2 Å². The van der Waals surface area contributed by atoms with Crippen LogP contribution in [0.4, 0.5) is 5.69 Å². The van der Waals surface area contributed by atoms with E-state index in [1.54, 1.807) is 32.4 Å². The van der Waals surface area contributed by atoms with E-state index in [-0.39, 0.29) is 29.8 Å². The Labute approximate surface area is 200 Å². The van der Waals surface area contributed by atoms with E-state index in [4.69, 9.17) is 18.9 Å². The molecule has 2 aromatic rings. The third kappa shape index (κ3) is 5.34. The van der Waals surface area contributed by atoms with Gasteiger partial charge in [0, 0.05) is 13.2 Å². The second kappa shape index (κ2) is 11.1. The zero-order valence-corrected chi connectivity index (χ0v) is 20.6. The lowest BCUT2D eigenvalue weighted by atomic mass is 10.0. The molecule has 2 aromatic carbocycles. The predicted molar refractivity (Wildman–Crippen MR) is 130 cm³/mol. The lowest BCUT2D eigenvalue weighted by Crippen LogP contribution is -2.34. The first kappa shape index (κ1) is 25.1. The van der Waals surface area contributed by atoms with Gasteiger partial charge >= 0.3 is 0 Å². The summed E-state index contributed by atoms with van der Waals surface area (Å²) < 4.78 is 21.8. The third-order valence-electron chi connectivity index (χ3n) is 5.43. The highest BCUT2D eigenvalue weighted by Crippen LogP contribution is 2.37. The van der Waals surface area contributed by atoms with Gasteiger partial charge in [-0.15, -0.1) is 0 Å². The topological polar surface area (TPSA) is 86.3 Å². The van der Waals surface area contributed by atoms with Crippen molar-refractivity contribution in [2.75, 3.05) is 39.8 Å². The number of methoxy groups -OCH3 is 3. The summed E-state index contributed by atoms with van der Waals surface area (Å²) in [5.74, 6) is 0.776. The van der Waals surface area contributed by atoms with E-state index >= 15 is 0 Å². The number of rotatable bonds is 11. The predicted octanol–water partition coefficient (Wildman–Crippen LogP) is 4.03. The van der Waals surface area contributed by atoms with Gasteiger partial charge < -0.3 is 24.3 Å². The van der Waals surface area contributed by atoms with Gasteiger partial charge in [-0.25, -0.2) is 0 Å². The molecule has 3 rings (SSSR count). The van der Waals surface area contributed by atoms with Crippen molar-refractivity contribution in [1.29, 1.82) is 0 Å². The Morgan fingerprint density at radius 3 is 2.21 bits per heavy atom. The fraction of sp³-hybridized carbons (Fsp3) is 0.385. The van der Waals surface area contributed by atoms with Crippen LogP contribution < -0.4 is 19.5 Å². The van der Waals surface area contributed by atoms with Crippen molar-refractivity contribution in [2.24, 2.45) is 0 Å². The summed E-state index contributed by atoms with van der Waals surface area (Å²) in [5.41, 5.74) is 2.58. The van der Waals surface area contributed by atoms with E-state index in [0.29, 0.717) is 41.5 Å². The van der Waals surface area contributed by atoms with Gasteiger partial charge in [-0.1, -0.05) is 12.1 Å². The number of nitrogens with zero attached hydrogens (tertiary/aromatic N) is 1. The van der Waals surface area contributed by atoms with E-state index < -0.39 is 5.91 Å². The molecule has 0 aliphatic carbocycles. The van der Waals surface area contributed by atoms with Gasteiger partial charge in [0.25, 0.3) is 11.8 Å². The maximum Gasteiger partial charge on any atom is 0.278 e. The summed E-state index contributed by atoms with van der Waals surface area (Å²) in [7, 11) is 4.62. The summed E-state index contributed by atoms with van der Waals surface area (Å²) in [6.07, 6.45) is 0.618. The number of nitrogens with one attached hydrogen (secondary N) is 1. The van der Waals surface area contributed by atoms with Crippen LogP contribution in [0.5, 0.6) is 17.2 Å². The molecule has 8 heteroatoms. The molecule has 2 amide bonds. The number of hydrogen-bond donors (Lipinski definition) is 1. The molecule has 1 aliphatic heterocycles. The molecule has 0 bridgehead atoms. The molecule has 0 radical (unpaired) electrons. The van der Waals surface area contributed by atoms with E-state index in [1.165, 1.54) is 12.0 Å². The summed E-state index contributed by atoms with van der Waals surface area (Å²) >= 11 is 0. The highest BCUT2D eigenvalue weighted by Gasteiger charge is 2.39. The molecular weight excluding hydrogens is 436 g/mol. The normalized spacial score (nSPS) is 13.7. The molecule has 0 aromatic heterocycles. The minimum absolute atomic E-state index is 0.0800. The lowest BCUT2D eigenvalue weighted by Gasteiger charge is -2.16. The zero-order valence-electron chi connectivity index (χ0n) is 20.6. The standard InChI is InChI=1S/C26H32N2O6/c1-16(2)34-13-7-12-28-25(29)23(18-9-11-21(32-5)22(15-18)33-6)24(26(28)30)27-19-14-17(3)8-10-20(19)31-4/h8-11,14-16,27H,7,12-13H2,1-6H3. The second-order valence-electron chi connectivity index (χ2n) is 8.18. The number of hydrogen-bond acceptors (Lipinski definition) is 7. The first-order chi connectivity index (χ1) is 16.3. The molecule has 0 atom stereocenters. The highest BCUT2D eigenvalue weighted by atomic mass is 16.5. The number of benzene rings is 2. The average molecular weight is 469 g/mol. The first-order valence-corrected chi connectivity index (χ1v) is 11.2. The Morgan fingerprint density at radius 1 is 0.882 bits per heavy atom. The van der Waals surface area contributed by atoms with Crippen molar-refractivity contribution in [3.05, 3.63) is 53.2 Å². The minimum Gasteiger partial charge on any atom is -0.495 e. The van der Waals surface area contributed by atoms with Gasteiger partial charge in [-0.3, -0.25) is 14.5 Å². The van der Waals surface area contributed by atoms with Crippen molar-refractivity contribution >= 4 is 23.1 Å². The van der Waals surface area contributed by atoms with Crippen LogP contribution in [0, 0.1) is 6.92 Å². The van der Waals surface area contributed by atoms with Crippen LogP contribution >= 0.6 is 0 Å². The van der Waals surface area contributed by atoms with E-state index in [0.717, 1.165) is 5.56 Å². The van der Waals surface area contributed by atoms with Crippen LogP contribution in [0.15, 0.2) is 42.1 Å².